The topological polar surface area (TPSA) is 80.8 Å². The Bertz CT molecular complexity index is 645. The number of aromatic nitrogens is 3. The van der Waals surface area contributed by atoms with E-state index >= 15 is 0 Å². The van der Waals surface area contributed by atoms with Gasteiger partial charge in [-0.25, -0.2) is 14.5 Å². The highest BCUT2D eigenvalue weighted by Crippen LogP contribution is 2.21. The molecule has 7 heteroatoms. The molecule has 18 heavy (non-hydrogen) atoms. The van der Waals surface area contributed by atoms with Crippen molar-refractivity contribution in [2.75, 3.05) is 7.11 Å². The summed E-state index contributed by atoms with van der Waals surface area (Å²) in [6, 6.07) is 6.91. The van der Waals surface area contributed by atoms with Gasteiger partial charge in [0.25, 0.3) is 5.82 Å². The van der Waals surface area contributed by atoms with E-state index in [1.807, 2.05) is 6.07 Å². The predicted octanol–water partition coefficient (Wildman–Crippen LogP) is 1.58. The Balaban J connectivity index is 2.50. The largest absolute Gasteiger partial charge is 0.463 e. The first-order valence-corrected chi connectivity index (χ1v) is 5.24. The third-order valence-corrected chi connectivity index (χ3v) is 2.53. The number of carbonyl (C=O) groups is 1. The molecule has 0 amide bonds. The van der Waals surface area contributed by atoms with Gasteiger partial charge in [-0.05, 0) is 12.1 Å². The van der Waals surface area contributed by atoms with E-state index in [2.05, 4.69) is 14.8 Å². The Hall–Kier alpha value is -2.39. The van der Waals surface area contributed by atoms with Gasteiger partial charge in [0.2, 0.25) is 0 Å². The van der Waals surface area contributed by atoms with E-state index in [4.69, 9.17) is 16.9 Å². The van der Waals surface area contributed by atoms with Crippen LogP contribution in [0.5, 0.6) is 0 Å². The molecule has 1 aromatic carbocycles. The SMILES string of the molecule is COC(=O)c1ncn(-c2cccc(Cl)c2C#N)n1. The van der Waals surface area contributed by atoms with E-state index in [0.717, 1.165) is 0 Å². The van der Waals surface area contributed by atoms with E-state index in [0.29, 0.717) is 10.7 Å². The molecule has 1 heterocycles. The lowest BCUT2D eigenvalue weighted by Crippen LogP contribution is -2.05. The van der Waals surface area contributed by atoms with Crippen LogP contribution >= 0.6 is 11.6 Å². The number of halogens is 1. The maximum atomic E-state index is 11.2. The van der Waals surface area contributed by atoms with E-state index in [9.17, 15) is 4.79 Å². The second-order valence-electron chi connectivity index (χ2n) is 3.25. The van der Waals surface area contributed by atoms with Crippen LogP contribution in [0.25, 0.3) is 5.69 Å². The molecule has 0 radical (unpaired) electrons. The number of hydrogen-bond donors (Lipinski definition) is 0. The fourth-order valence-electron chi connectivity index (χ4n) is 1.38. The summed E-state index contributed by atoms with van der Waals surface area (Å²) < 4.78 is 5.80. The quantitative estimate of drug-likeness (QED) is 0.768. The van der Waals surface area contributed by atoms with Gasteiger partial charge in [-0.3, -0.25) is 0 Å². The van der Waals surface area contributed by atoms with Crippen molar-refractivity contribution in [3.63, 3.8) is 0 Å². The van der Waals surface area contributed by atoms with Gasteiger partial charge in [0.05, 0.1) is 23.4 Å². The Kier molecular flexibility index (Phi) is 3.26. The lowest BCUT2D eigenvalue weighted by atomic mass is 10.2. The Labute approximate surface area is 107 Å². The number of nitrogens with zero attached hydrogens (tertiary/aromatic N) is 4. The number of esters is 1. The molecular weight excluding hydrogens is 256 g/mol. The highest BCUT2D eigenvalue weighted by Gasteiger charge is 2.14. The first-order valence-electron chi connectivity index (χ1n) is 4.86. The molecule has 0 unspecified atom stereocenters. The van der Waals surface area contributed by atoms with Gasteiger partial charge in [0, 0.05) is 0 Å². The van der Waals surface area contributed by atoms with Gasteiger partial charge in [-0.2, -0.15) is 5.26 Å². The fourth-order valence-corrected chi connectivity index (χ4v) is 1.59. The Morgan fingerprint density at radius 1 is 1.56 bits per heavy atom. The van der Waals surface area contributed by atoms with Gasteiger partial charge in [-0.1, -0.05) is 17.7 Å². The molecule has 2 aromatic rings. The molecule has 6 nitrogen and oxygen atoms in total. The fraction of sp³-hybridized carbons (Fsp3) is 0.0909. The molecule has 0 saturated carbocycles. The van der Waals surface area contributed by atoms with Crippen molar-refractivity contribution in [1.29, 1.82) is 5.26 Å². The number of hydrogen-bond acceptors (Lipinski definition) is 5. The molecule has 0 bridgehead atoms. The van der Waals surface area contributed by atoms with E-state index < -0.39 is 5.97 Å². The second-order valence-corrected chi connectivity index (χ2v) is 3.66. The summed E-state index contributed by atoms with van der Waals surface area (Å²) >= 11 is 5.90. The van der Waals surface area contributed by atoms with Crippen molar-refractivity contribution < 1.29 is 9.53 Å². The molecule has 0 N–H and O–H groups in total. The standard InChI is InChI=1S/C11H7ClN4O2/c1-18-11(17)10-14-6-16(15-10)9-4-2-3-8(12)7(9)5-13/h2-4,6H,1H3. The first-order chi connectivity index (χ1) is 8.67. The van der Waals surface area contributed by atoms with Crippen molar-refractivity contribution in [2.24, 2.45) is 0 Å². The van der Waals surface area contributed by atoms with E-state index in [1.165, 1.54) is 18.1 Å². The minimum atomic E-state index is -0.644. The van der Waals surface area contributed by atoms with Crippen molar-refractivity contribution in [1.82, 2.24) is 14.8 Å². The summed E-state index contributed by atoms with van der Waals surface area (Å²) in [6.45, 7) is 0. The first kappa shape index (κ1) is 12.1. The number of benzene rings is 1. The van der Waals surface area contributed by atoms with Crippen molar-refractivity contribution in [2.45, 2.75) is 0 Å². The molecule has 0 atom stereocenters. The van der Waals surface area contributed by atoms with Gasteiger partial charge < -0.3 is 4.74 Å². The highest BCUT2D eigenvalue weighted by molar-refractivity contribution is 6.32. The van der Waals surface area contributed by atoms with Crippen LogP contribution in [0, 0.1) is 11.3 Å². The molecule has 90 valence electrons. The molecule has 1 aromatic heterocycles. The molecular formula is C11H7ClN4O2. The molecule has 0 aliphatic heterocycles. The monoisotopic (exact) mass is 262 g/mol. The van der Waals surface area contributed by atoms with Gasteiger partial charge in [-0.15, -0.1) is 5.10 Å². The highest BCUT2D eigenvalue weighted by atomic mass is 35.5. The lowest BCUT2D eigenvalue weighted by molar-refractivity contribution is 0.0587. The molecule has 0 fully saturated rings. The third-order valence-electron chi connectivity index (χ3n) is 2.21. The third kappa shape index (κ3) is 2.04. The Morgan fingerprint density at radius 3 is 3.00 bits per heavy atom. The van der Waals surface area contributed by atoms with E-state index in [1.54, 1.807) is 18.2 Å². The number of rotatable bonds is 2. The normalized spacial score (nSPS) is 9.83. The van der Waals surface area contributed by atoms with Crippen LogP contribution in [0.15, 0.2) is 24.5 Å². The molecule has 0 saturated heterocycles. The van der Waals surface area contributed by atoms with Gasteiger partial charge in [0.15, 0.2) is 0 Å². The van der Waals surface area contributed by atoms with Crippen molar-refractivity contribution in [3.8, 4) is 11.8 Å². The summed E-state index contributed by atoms with van der Waals surface area (Å²) in [5.74, 6) is -0.726. The minimum absolute atomic E-state index is 0.0821. The average Bonchev–Trinajstić information content (AvgIpc) is 2.87. The van der Waals surface area contributed by atoms with Crippen molar-refractivity contribution in [3.05, 3.63) is 40.9 Å². The zero-order valence-corrected chi connectivity index (χ0v) is 10.0. The van der Waals surface area contributed by atoms with Crippen LogP contribution in [0.2, 0.25) is 5.02 Å². The Morgan fingerprint density at radius 2 is 2.33 bits per heavy atom. The predicted molar refractivity (Wildman–Crippen MR) is 62.4 cm³/mol. The average molecular weight is 263 g/mol. The second kappa shape index (κ2) is 4.85. The number of ether oxygens (including phenoxy) is 1. The van der Waals surface area contributed by atoms with Crippen LogP contribution in [-0.4, -0.2) is 27.8 Å². The molecule has 2 rings (SSSR count). The molecule has 0 aliphatic rings. The summed E-state index contributed by atoms with van der Waals surface area (Å²) in [4.78, 5) is 15.0. The zero-order valence-electron chi connectivity index (χ0n) is 9.29. The molecule has 0 spiro atoms. The lowest BCUT2D eigenvalue weighted by Gasteiger charge is -2.03. The zero-order chi connectivity index (χ0) is 13.1. The van der Waals surface area contributed by atoms with E-state index in [-0.39, 0.29) is 11.4 Å². The summed E-state index contributed by atoms with van der Waals surface area (Å²) in [6.07, 6.45) is 1.32. The van der Waals surface area contributed by atoms with Crippen LogP contribution in [-0.2, 0) is 4.74 Å². The number of nitriles is 1. The summed E-state index contributed by atoms with van der Waals surface area (Å²) in [7, 11) is 1.24. The maximum Gasteiger partial charge on any atom is 0.377 e. The number of methoxy groups -OCH3 is 1. The van der Waals surface area contributed by atoms with Gasteiger partial charge in [0.1, 0.15) is 12.4 Å². The van der Waals surface area contributed by atoms with Crippen molar-refractivity contribution >= 4 is 17.6 Å². The summed E-state index contributed by atoms with van der Waals surface area (Å²) in [5, 5.41) is 13.3. The maximum absolute atomic E-state index is 11.2. The van der Waals surface area contributed by atoms with Crippen LogP contribution < -0.4 is 0 Å². The molecule has 0 aliphatic carbocycles. The van der Waals surface area contributed by atoms with Crippen LogP contribution in [0.1, 0.15) is 16.2 Å². The smallest absolute Gasteiger partial charge is 0.377 e. The minimum Gasteiger partial charge on any atom is -0.463 e. The van der Waals surface area contributed by atoms with Gasteiger partial charge >= 0.3 is 5.97 Å². The number of carbonyl (C=O) groups excluding carboxylic acids is 1. The van der Waals surface area contributed by atoms with Crippen LogP contribution in [0.4, 0.5) is 0 Å². The van der Waals surface area contributed by atoms with Crippen LogP contribution in [0.3, 0.4) is 0 Å². The summed E-state index contributed by atoms with van der Waals surface area (Å²) in [5.41, 5.74) is 0.716.